The van der Waals surface area contributed by atoms with Gasteiger partial charge in [0.05, 0.1) is 35.9 Å². The van der Waals surface area contributed by atoms with E-state index in [9.17, 15) is 23.1 Å². The third-order valence-corrected chi connectivity index (χ3v) is 6.25. The van der Waals surface area contributed by atoms with Crippen molar-refractivity contribution in [3.63, 3.8) is 0 Å². The first-order valence-corrected chi connectivity index (χ1v) is 11.1. The maximum Gasteiger partial charge on any atom is 0.416 e. The van der Waals surface area contributed by atoms with E-state index in [-0.39, 0.29) is 24.0 Å². The van der Waals surface area contributed by atoms with Crippen molar-refractivity contribution in [1.82, 2.24) is 9.13 Å². The lowest BCUT2D eigenvalue weighted by Gasteiger charge is -2.16. The van der Waals surface area contributed by atoms with Crippen molar-refractivity contribution in [2.45, 2.75) is 25.2 Å². The Labute approximate surface area is 198 Å². The van der Waals surface area contributed by atoms with Gasteiger partial charge in [0.25, 0.3) is 5.56 Å². The summed E-state index contributed by atoms with van der Waals surface area (Å²) in [4.78, 5) is 12.5. The van der Waals surface area contributed by atoms with Crippen LogP contribution in [0, 0.1) is 6.92 Å². The van der Waals surface area contributed by atoms with Gasteiger partial charge in [0.15, 0.2) is 0 Å². The molecule has 3 heterocycles. The van der Waals surface area contributed by atoms with Crippen molar-refractivity contribution in [3.8, 4) is 22.6 Å². The number of ether oxygens (including phenoxy) is 2. The average Bonchev–Trinajstić information content (AvgIpc) is 3.39. The van der Waals surface area contributed by atoms with Gasteiger partial charge in [0.1, 0.15) is 17.6 Å². The number of aryl methyl sites for hydroxylation is 2. The minimum Gasteiger partial charge on any atom is -0.457 e. The topological polar surface area (TPSA) is 65.6 Å². The van der Waals surface area contributed by atoms with E-state index in [1.54, 1.807) is 29.8 Å². The Bertz CT molecular complexity index is 1450. The van der Waals surface area contributed by atoms with E-state index in [2.05, 4.69) is 0 Å². The number of alkyl halides is 3. The quantitative estimate of drug-likeness (QED) is 0.440. The summed E-state index contributed by atoms with van der Waals surface area (Å²) in [6.45, 7) is 2.47. The lowest BCUT2D eigenvalue weighted by atomic mass is 10.0. The van der Waals surface area contributed by atoms with Gasteiger partial charge < -0.3 is 23.7 Å². The Hall–Kier alpha value is -3.56. The molecular formula is C26H23F3N2O4. The normalized spacial score (nSPS) is 18.3. The van der Waals surface area contributed by atoms with E-state index < -0.39 is 17.8 Å². The second-order valence-electron chi connectivity index (χ2n) is 8.75. The number of nitrogens with zero attached hydrogens (tertiary/aromatic N) is 2. The molecule has 1 aliphatic rings. The Balaban J connectivity index is 1.59. The molecule has 35 heavy (non-hydrogen) atoms. The van der Waals surface area contributed by atoms with Crippen LogP contribution in [0.3, 0.4) is 0 Å². The first kappa shape index (κ1) is 23.2. The summed E-state index contributed by atoms with van der Waals surface area (Å²) in [6, 6.07) is 13.0. The number of fused-ring (bicyclic) bond motifs is 1. The molecule has 2 aromatic carbocycles. The Morgan fingerprint density at radius 3 is 2.43 bits per heavy atom. The van der Waals surface area contributed by atoms with Crippen LogP contribution in [0.2, 0.25) is 0 Å². The third-order valence-electron chi connectivity index (χ3n) is 6.25. The number of benzene rings is 2. The second-order valence-corrected chi connectivity index (χ2v) is 8.75. The molecule has 2 atom stereocenters. The van der Waals surface area contributed by atoms with E-state index in [1.165, 1.54) is 18.2 Å². The Morgan fingerprint density at radius 1 is 1.03 bits per heavy atom. The van der Waals surface area contributed by atoms with Crippen LogP contribution >= 0.6 is 0 Å². The molecule has 1 aliphatic heterocycles. The van der Waals surface area contributed by atoms with Crippen LogP contribution < -0.4 is 10.3 Å². The third kappa shape index (κ3) is 4.33. The summed E-state index contributed by atoms with van der Waals surface area (Å²) in [7, 11) is 1.69. The van der Waals surface area contributed by atoms with Crippen LogP contribution in [0.5, 0.6) is 11.5 Å². The number of aliphatic hydroxyl groups is 1. The molecule has 0 aliphatic carbocycles. The molecule has 0 unspecified atom stereocenters. The SMILES string of the molecule is Cc1cc(Oc2ccc(C(F)(F)F)cc2)cc(-c2cn([C@H]3COC[C@@H]3O)c3ccc(=O)n(C)c23)c1. The fourth-order valence-corrected chi connectivity index (χ4v) is 4.51. The fraction of sp³-hybridized carbons (Fsp3) is 0.269. The molecule has 0 bridgehead atoms. The van der Waals surface area contributed by atoms with Crippen molar-refractivity contribution in [2.24, 2.45) is 7.05 Å². The van der Waals surface area contributed by atoms with Gasteiger partial charge in [-0.25, -0.2) is 0 Å². The van der Waals surface area contributed by atoms with Crippen molar-refractivity contribution in [2.75, 3.05) is 13.2 Å². The van der Waals surface area contributed by atoms with Gasteiger partial charge >= 0.3 is 6.18 Å². The van der Waals surface area contributed by atoms with Gasteiger partial charge in [-0.05, 0) is 60.5 Å². The predicted octanol–water partition coefficient (Wildman–Crippen LogP) is 5.06. The number of aliphatic hydroxyl groups excluding tert-OH is 1. The standard InChI is InChI=1S/C26H23F3N2O4/c1-15-9-16(11-19(10-15)35-18-5-3-17(4-6-18)26(27,28)29)20-12-31(22-13-34-14-23(22)32)21-7-8-24(33)30(2)25(20)21/h3-12,22-23,32H,13-14H2,1-2H3/t22-,23-/m0/s1. The summed E-state index contributed by atoms with van der Waals surface area (Å²) in [6.07, 6.45) is -3.20. The molecule has 6 nitrogen and oxygen atoms in total. The van der Waals surface area contributed by atoms with Crippen LogP contribution in [-0.4, -0.2) is 33.6 Å². The number of rotatable bonds is 4. The lowest BCUT2D eigenvalue weighted by molar-refractivity contribution is -0.137. The molecule has 1 saturated heterocycles. The lowest BCUT2D eigenvalue weighted by Crippen LogP contribution is -2.22. The molecule has 1 fully saturated rings. The van der Waals surface area contributed by atoms with Gasteiger partial charge in [-0.1, -0.05) is 6.07 Å². The highest BCUT2D eigenvalue weighted by Crippen LogP contribution is 2.37. The van der Waals surface area contributed by atoms with Gasteiger partial charge in [-0.3, -0.25) is 4.79 Å². The van der Waals surface area contributed by atoms with Crippen molar-refractivity contribution in [3.05, 3.63) is 82.3 Å². The van der Waals surface area contributed by atoms with Crippen LogP contribution in [-0.2, 0) is 18.0 Å². The van der Waals surface area contributed by atoms with E-state index >= 15 is 0 Å². The first-order chi connectivity index (χ1) is 16.6. The maximum atomic E-state index is 12.9. The summed E-state index contributed by atoms with van der Waals surface area (Å²) >= 11 is 0. The Morgan fingerprint density at radius 2 is 1.77 bits per heavy atom. The molecule has 182 valence electrons. The fourth-order valence-electron chi connectivity index (χ4n) is 4.51. The summed E-state index contributed by atoms with van der Waals surface area (Å²) in [5, 5.41) is 10.4. The molecule has 2 aromatic heterocycles. The van der Waals surface area contributed by atoms with E-state index in [0.717, 1.165) is 34.3 Å². The summed E-state index contributed by atoms with van der Waals surface area (Å²) < 4.78 is 53.4. The monoisotopic (exact) mass is 484 g/mol. The summed E-state index contributed by atoms with van der Waals surface area (Å²) in [5.74, 6) is 0.724. The van der Waals surface area contributed by atoms with Crippen molar-refractivity contribution < 1.29 is 27.8 Å². The molecular weight excluding hydrogens is 461 g/mol. The van der Waals surface area contributed by atoms with Gasteiger partial charge in [-0.2, -0.15) is 13.2 Å². The minimum atomic E-state index is -4.42. The van der Waals surface area contributed by atoms with Crippen LogP contribution in [0.4, 0.5) is 13.2 Å². The Kier molecular flexibility index (Phi) is 5.69. The number of halogens is 3. The second kappa shape index (κ2) is 8.58. The van der Waals surface area contributed by atoms with Gasteiger partial charge in [0.2, 0.25) is 0 Å². The number of pyridine rings is 1. The first-order valence-electron chi connectivity index (χ1n) is 11.1. The zero-order valence-electron chi connectivity index (χ0n) is 19.0. The molecule has 1 N–H and O–H groups in total. The van der Waals surface area contributed by atoms with Gasteiger partial charge in [0, 0.05) is 24.9 Å². The van der Waals surface area contributed by atoms with E-state index in [4.69, 9.17) is 9.47 Å². The zero-order chi connectivity index (χ0) is 24.9. The van der Waals surface area contributed by atoms with Crippen molar-refractivity contribution >= 4 is 11.0 Å². The molecule has 0 spiro atoms. The van der Waals surface area contributed by atoms with E-state index in [1.807, 2.05) is 23.8 Å². The predicted molar refractivity (Wildman–Crippen MR) is 125 cm³/mol. The molecule has 0 amide bonds. The largest absolute Gasteiger partial charge is 0.457 e. The number of aromatic nitrogens is 2. The highest BCUT2D eigenvalue weighted by molar-refractivity contribution is 5.94. The smallest absolute Gasteiger partial charge is 0.416 e. The summed E-state index contributed by atoms with van der Waals surface area (Å²) in [5.41, 5.74) is 2.96. The van der Waals surface area contributed by atoms with Crippen LogP contribution in [0.25, 0.3) is 22.2 Å². The van der Waals surface area contributed by atoms with Crippen molar-refractivity contribution in [1.29, 1.82) is 0 Å². The van der Waals surface area contributed by atoms with E-state index in [0.29, 0.717) is 17.9 Å². The molecule has 4 aromatic rings. The molecule has 0 radical (unpaired) electrons. The van der Waals surface area contributed by atoms with Crippen LogP contribution in [0.1, 0.15) is 17.2 Å². The highest BCUT2D eigenvalue weighted by atomic mass is 19.4. The zero-order valence-corrected chi connectivity index (χ0v) is 19.0. The van der Waals surface area contributed by atoms with Crippen LogP contribution in [0.15, 0.2) is 65.6 Å². The van der Waals surface area contributed by atoms with Gasteiger partial charge in [-0.15, -0.1) is 0 Å². The number of hydrogen-bond acceptors (Lipinski definition) is 4. The minimum absolute atomic E-state index is 0.173. The molecule has 9 heteroatoms. The average molecular weight is 484 g/mol. The molecule has 0 saturated carbocycles. The highest BCUT2D eigenvalue weighted by Gasteiger charge is 2.31. The number of hydrogen-bond donors (Lipinski definition) is 1. The maximum absolute atomic E-state index is 12.9. The molecule has 5 rings (SSSR count).